The van der Waals surface area contributed by atoms with Crippen molar-refractivity contribution in [3.8, 4) is 0 Å². The van der Waals surface area contributed by atoms with Gasteiger partial charge >= 0.3 is 5.97 Å². The molecule has 0 saturated carbocycles. The van der Waals surface area contributed by atoms with Crippen molar-refractivity contribution < 1.29 is 19.2 Å². The Morgan fingerprint density at radius 3 is 2.88 bits per heavy atom. The van der Waals surface area contributed by atoms with Gasteiger partial charge in [0.15, 0.2) is 0 Å². The number of carbonyl (C=O) groups is 2. The summed E-state index contributed by atoms with van der Waals surface area (Å²) >= 11 is 6.22. The number of thioether (sulfide) groups is 1. The van der Waals surface area contributed by atoms with E-state index in [1.54, 1.807) is 19.9 Å². The van der Waals surface area contributed by atoms with Crippen molar-refractivity contribution in [1.29, 1.82) is 0 Å². The van der Waals surface area contributed by atoms with E-state index in [1.807, 2.05) is 0 Å². The molecule has 1 heterocycles. The van der Waals surface area contributed by atoms with Crippen LogP contribution in [0.5, 0.6) is 0 Å². The van der Waals surface area contributed by atoms with Crippen molar-refractivity contribution in [3.63, 3.8) is 0 Å². The maximum atomic E-state index is 12.5. The molecule has 1 aliphatic rings. The summed E-state index contributed by atoms with van der Waals surface area (Å²) in [5.41, 5.74) is 0.438. The van der Waals surface area contributed by atoms with Crippen molar-refractivity contribution in [2.24, 2.45) is 0 Å². The highest BCUT2D eigenvalue weighted by atomic mass is 32.2. The van der Waals surface area contributed by atoms with E-state index in [4.69, 9.17) is 17.0 Å². The Balaban J connectivity index is 2.26. The van der Waals surface area contributed by atoms with E-state index in [2.05, 4.69) is 0 Å². The van der Waals surface area contributed by atoms with Crippen molar-refractivity contribution in [3.05, 3.63) is 44.8 Å². The summed E-state index contributed by atoms with van der Waals surface area (Å²) in [6, 6.07) is 5.08. The number of ether oxygens (including phenoxy) is 1. The topological polar surface area (TPSA) is 89.8 Å². The number of amides is 1. The van der Waals surface area contributed by atoms with E-state index in [9.17, 15) is 19.7 Å². The molecule has 1 aromatic rings. The van der Waals surface area contributed by atoms with Crippen LogP contribution in [0.25, 0.3) is 6.08 Å². The average molecular weight is 366 g/mol. The third kappa shape index (κ3) is 3.80. The minimum Gasteiger partial charge on any atom is -0.464 e. The monoisotopic (exact) mass is 366 g/mol. The fourth-order valence-corrected chi connectivity index (χ4v) is 3.48. The van der Waals surface area contributed by atoms with Crippen LogP contribution in [0.4, 0.5) is 5.69 Å². The standard InChI is InChI=1S/C15H14N2O5S2/c1-3-22-14(19)9(2)16-13(18)12(24-15(16)23)8-10-5-4-6-11(7-10)17(20)21/h4-9H,3H2,1-2H3/b12-8-. The molecular formula is C15H14N2O5S2. The van der Waals surface area contributed by atoms with Crippen molar-refractivity contribution in [2.45, 2.75) is 19.9 Å². The Kier molecular flexibility index (Phi) is 5.68. The molecule has 0 aliphatic carbocycles. The molecule has 126 valence electrons. The lowest BCUT2D eigenvalue weighted by molar-refractivity contribution is -0.384. The molecule has 0 radical (unpaired) electrons. The molecule has 1 fully saturated rings. The Morgan fingerprint density at radius 2 is 2.25 bits per heavy atom. The number of carbonyl (C=O) groups excluding carboxylic acids is 2. The zero-order valence-corrected chi connectivity index (χ0v) is 14.6. The number of nitrogens with zero attached hydrogens (tertiary/aromatic N) is 2. The van der Waals surface area contributed by atoms with Gasteiger partial charge in [-0.25, -0.2) is 4.79 Å². The molecule has 1 aromatic carbocycles. The van der Waals surface area contributed by atoms with Crippen LogP contribution in [0, 0.1) is 10.1 Å². The summed E-state index contributed by atoms with van der Waals surface area (Å²) in [4.78, 5) is 36.1. The summed E-state index contributed by atoms with van der Waals surface area (Å²) in [6.45, 7) is 3.43. The number of hydrogen-bond donors (Lipinski definition) is 0. The Hall–Kier alpha value is -2.26. The van der Waals surface area contributed by atoms with Crippen molar-refractivity contribution in [2.75, 3.05) is 6.61 Å². The first kappa shape index (κ1) is 18.1. The largest absolute Gasteiger partial charge is 0.464 e. The molecule has 2 rings (SSSR count). The quantitative estimate of drug-likeness (QED) is 0.260. The molecule has 1 unspecified atom stereocenters. The van der Waals surface area contributed by atoms with Gasteiger partial charge in [-0.15, -0.1) is 0 Å². The molecule has 0 bridgehead atoms. The number of non-ortho nitro benzene ring substituents is 1. The second kappa shape index (κ2) is 7.54. The van der Waals surface area contributed by atoms with Crippen LogP contribution >= 0.6 is 24.0 Å². The molecule has 1 atom stereocenters. The lowest BCUT2D eigenvalue weighted by Crippen LogP contribution is -2.42. The van der Waals surface area contributed by atoms with Gasteiger partial charge in [0, 0.05) is 12.1 Å². The van der Waals surface area contributed by atoms with Gasteiger partial charge in [-0.05, 0) is 25.5 Å². The van der Waals surface area contributed by atoms with Gasteiger partial charge in [-0.3, -0.25) is 19.8 Å². The Labute approximate surface area is 147 Å². The highest BCUT2D eigenvalue weighted by Crippen LogP contribution is 2.34. The molecule has 0 spiro atoms. The number of esters is 1. The van der Waals surface area contributed by atoms with E-state index < -0.39 is 22.8 Å². The van der Waals surface area contributed by atoms with Crippen LogP contribution in [-0.4, -0.2) is 38.7 Å². The number of hydrogen-bond acceptors (Lipinski definition) is 7. The van der Waals surface area contributed by atoms with Crippen LogP contribution in [-0.2, 0) is 14.3 Å². The molecule has 9 heteroatoms. The number of benzene rings is 1. The molecule has 7 nitrogen and oxygen atoms in total. The van der Waals surface area contributed by atoms with Gasteiger partial charge in [0.1, 0.15) is 10.4 Å². The third-order valence-corrected chi connectivity index (χ3v) is 4.55. The molecule has 1 saturated heterocycles. The van der Waals surface area contributed by atoms with E-state index in [-0.39, 0.29) is 16.6 Å². The minimum absolute atomic E-state index is 0.0703. The first-order valence-electron chi connectivity index (χ1n) is 7.03. The smallest absolute Gasteiger partial charge is 0.329 e. The zero-order chi connectivity index (χ0) is 17.9. The molecule has 24 heavy (non-hydrogen) atoms. The molecular weight excluding hydrogens is 352 g/mol. The van der Waals surface area contributed by atoms with Crippen LogP contribution in [0.2, 0.25) is 0 Å². The summed E-state index contributed by atoms with van der Waals surface area (Å²) in [7, 11) is 0. The van der Waals surface area contributed by atoms with Gasteiger partial charge < -0.3 is 4.74 Å². The summed E-state index contributed by atoms with van der Waals surface area (Å²) in [5, 5.41) is 10.8. The van der Waals surface area contributed by atoms with E-state index in [0.717, 1.165) is 11.8 Å². The molecule has 1 amide bonds. The molecule has 0 aromatic heterocycles. The highest BCUT2D eigenvalue weighted by molar-refractivity contribution is 8.26. The van der Waals surface area contributed by atoms with Gasteiger partial charge in [0.25, 0.3) is 11.6 Å². The van der Waals surface area contributed by atoms with Crippen LogP contribution in [0.3, 0.4) is 0 Å². The van der Waals surface area contributed by atoms with Gasteiger partial charge in [-0.1, -0.05) is 36.1 Å². The lowest BCUT2D eigenvalue weighted by atomic mass is 10.2. The van der Waals surface area contributed by atoms with Gasteiger partial charge in [0.2, 0.25) is 0 Å². The van der Waals surface area contributed by atoms with Crippen LogP contribution in [0.1, 0.15) is 19.4 Å². The molecule has 0 N–H and O–H groups in total. The fourth-order valence-electron chi connectivity index (χ4n) is 2.06. The minimum atomic E-state index is -0.826. The van der Waals surface area contributed by atoms with Crippen molar-refractivity contribution in [1.82, 2.24) is 4.90 Å². The maximum absolute atomic E-state index is 12.5. The number of rotatable bonds is 5. The normalized spacial score (nSPS) is 17.2. The average Bonchev–Trinajstić information content (AvgIpc) is 2.81. The SMILES string of the molecule is CCOC(=O)C(C)N1C(=O)/C(=C/c2cccc([N+](=O)[O-])c2)SC1=S. The van der Waals surface area contributed by atoms with E-state index in [0.29, 0.717) is 10.5 Å². The number of nitro benzene ring substituents is 1. The van der Waals surface area contributed by atoms with Crippen LogP contribution in [0.15, 0.2) is 29.2 Å². The number of thiocarbonyl (C=S) groups is 1. The Morgan fingerprint density at radius 1 is 1.54 bits per heavy atom. The summed E-state index contributed by atoms with van der Waals surface area (Å²) in [5.74, 6) is -0.956. The highest BCUT2D eigenvalue weighted by Gasteiger charge is 2.38. The Bertz CT molecular complexity index is 747. The second-order valence-electron chi connectivity index (χ2n) is 4.83. The van der Waals surface area contributed by atoms with Crippen LogP contribution < -0.4 is 0 Å². The third-order valence-electron chi connectivity index (χ3n) is 3.22. The maximum Gasteiger partial charge on any atom is 0.329 e. The predicted octanol–water partition coefficient (Wildman–Crippen LogP) is 2.75. The van der Waals surface area contributed by atoms with Crippen molar-refractivity contribution >= 4 is 51.9 Å². The first-order chi connectivity index (χ1) is 11.3. The summed E-state index contributed by atoms with van der Waals surface area (Å²) < 4.78 is 5.16. The second-order valence-corrected chi connectivity index (χ2v) is 6.51. The lowest BCUT2D eigenvalue weighted by Gasteiger charge is -2.21. The predicted molar refractivity (Wildman–Crippen MR) is 94.2 cm³/mol. The summed E-state index contributed by atoms with van der Waals surface area (Å²) in [6.07, 6.45) is 1.52. The van der Waals surface area contributed by atoms with Gasteiger partial charge in [0.05, 0.1) is 16.4 Å². The van der Waals surface area contributed by atoms with E-state index in [1.165, 1.54) is 29.2 Å². The molecule has 1 aliphatic heterocycles. The zero-order valence-electron chi connectivity index (χ0n) is 12.9. The number of nitro groups is 1. The first-order valence-corrected chi connectivity index (χ1v) is 8.25. The van der Waals surface area contributed by atoms with Gasteiger partial charge in [-0.2, -0.15) is 0 Å². The fraction of sp³-hybridized carbons (Fsp3) is 0.267. The van der Waals surface area contributed by atoms with E-state index >= 15 is 0 Å².